The van der Waals surface area contributed by atoms with Crippen LogP contribution < -0.4 is 10.6 Å². The highest BCUT2D eigenvalue weighted by atomic mass is 127. The molecule has 0 saturated heterocycles. The van der Waals surface area contributed by atoms with Gasteiger partial charge in [0.05, 0.1) is 18.8 Å². The van der Waals surface area contributed by atoms with Gasteiger partial charge in [-0.3, -0.25) is 0 Å². The highest BCUT2D eigenvalue weighted by molar-refractivity contribution is 14.0. The second kappa shape index (κ2) is 10.8. The Morgan fingerprint density at radius 3 is 2.87 bits per heavy atom. The minimum absolute atomic E-state index is 0. The fourth-order valence-electron chi connectivity index (χ4n) is 1.98. The predicted molar refractivity (Wildman–Crippen MR) is 108 cm³/mol. The van der Waals surface area contributed by atoms with Gasteiger partial charge < -0.3 is 19.8 Å². The lowest BCUT2D eigenvalue weighted by Gasteiger charge is -2.10. The number of halogens is 2. The molecule has 0 aromatic carbocycles. The molecule has 2 heterocycles. The summed E-state index contributed by atoms with van der Waals surface area (Å²) in [6, 6.07) is 3.96. The van der Waals surface area contributed by atoms with Crippen molar-refractivity contribution >= 4 is 51.5 Å². The van der Waals surface area contributed by atoms with Crippen molar-refractivity contribution in [1.29, 1.82) is 0 Å². The Balaban J connectivity index is 0.00000264. The lowest BCUT2D eigenvalue weighted by Crippen LogP contribution is -2.39. The normalized spacial score (nSPS) is 11.3. The predicted octanol–water partition coefficient (Wildman–Crippen LogP) is 2.81. The van der Waals surface area contributed by atoms with Crippen LogP contribution in [0.25, 0.3) is 5.65 Å². The molecule has 23 heavy (non-hydrogen) atoms. The summed E-state index contributed by atoms with van der Waals surface area (Å²) in [5.41, 5.74) is 1.85. The summed E-state index contributed by atoms with van der Waals surface area (Å²) in [6.45, 7) is 7.51. The van der Waals surface area contributed by atoms with Crippen LogP contribution in [0.4, 0.5) is 0 Å². The number of nitrogens with zero attached hydrogens (tertiary/aromatic N) is 3. The Bertz CT molecular complexity index is 631. The van der Waals surface area contributed by atoms with Gasteiger partial charge in [0.1, 0.15) is 5.65 Å². The van der Waals surface area contributed by atoms with E-state index in [1.54, 1.807) is 0 Å². The van der Waals surface area contributed by atoms with Crippen molar-refractivity contribution in [3.8, 4) is 0 Å². The molecule has 0 radical (unpaired) electrons. The number of ether oxygens (including phenoxy) is 1. The van der Waals surface area contributed by atoms with Crippen molar-refractivity contribution in [3.05, 3.63) is 34.7 Å². The second-order valence-electron chi connectivity index (χ2n) is 4.66. The quantitative estimate of drug-likeness (QED) is 0.268. The molecule has 0 aliphatic heterocycles. The first-order valence-corrected chi connectivity index (χ1v) is 8.25. The van der Waals surface area contributed by atoms with Crippen LogP contribution in [0.15, 0.2) is 34.0 Å². The Kier molecular flexibility index (Phi) is 9.49. The molecule has 2 N–H and O–H groups in total. The van der Waals surface area contributed by atoms with Gasteiger partial charge in [0.15, 0.2) is 5.96 Å². The number of guanidine groups is 1. The van der Waals surface area contributed by atoms with Crippen molar-refractivity contribution in [2.75, 3.05) is 26.3 Å². The topological polar surface area (TPSA) is 63.0 Å². The smallest absolute Gasteiger partial charge is 0.191 e. The lowest BCUT2D eigenvalue weighted by molar-refractivity contribution is 0.152. The fourth-order valence-corrected chi connectivity index (χ4v) is 2.33. The van der Waals surface area contributed by atoms with Gasteiger partial charge in [-0.1, -0.05) is 0 Å². The number of imidazole rings is 1. The summed E-state index contributed by atoms with van der Waals surface area (Å²) in [5.74, 6) is 0.778. The van der Waals surface area contributed by atoms with Crippen LogP contribution in [0.5, 0.6) is 0 Å². The maximum atomic E-state index is 5.31. The van der Waals surface area contributed by atoms with Gasteiger partial charge in [-0.15, -0.1) is 24.0 Å². The lowest BCUT2D eigenvalue weighted by atomic mass is 10.5. The van der Waals surface area contributed by atoms with Crippen LogP contribution in [0, 0.1) is 0 Å². The van der Waals surface area contributed by atoms with E-state index in [9.17, 15) is 0 Å². The fraction of sp³-hybridized carbons (Fsp3) is 0.467. The molecule has 0 amide bonds. The monoisotopic (exact) mass is 495 g/mol. The zero-order valence-corrected chi connectivity index (χ0v) is 17.3. The Morgan fingerprint density at radius 2 is 2.13 bits per heavy atom. The van der Waals surface area contributed by atoms with Gasteiger partial charge in [0.25, 0.3) is 0 Å². The van der Waals surface area contributed by atoms with E-state index >= 15 is 0 Å². The molecule has 0 aliphatic rings. The van der Waals surface area contributed by atoms with Gasteiger partial charge in [-0.05, 0) is 41.9 Å². The van der Waals surface area contributed by atoms with E-state index in [1.165, 1.54) is 0 Å². The maximum absolute atomic E-state index is 5.31. The summed E-state index contributed by atoms with van der Waals surface area (Å²) in [5, 5.41) is 6.45. The van der Waals surface area contributed by atoms with E-state index < -0.39 is 0 Å². The van der Waals surface area contributed by atoms with Crippen LogP contribution in [0.1, 0.15) is 19.5 Å². The zero-order valence-electron chi connectivity index (χ0n) is 13.4. The number of fused-ring (bicyclic) bond motifs is 1. The summed E-state index contributed by atoms with van der Waals surface area (Å²) in [4.78, 5) is 9.10. The van der Waals surface area contributed by atoms with Crippen LogP contribution in [0.3, 0.4) is 0 Å². The number of pyridine rings is 1. The van der Waals surface area contributed by atoms with E-state index in [1.807, 2.05) is 42.8 Å². The molecule has 0 atom stereocenters. The molecule has 2 aromatic heterocycles. The molecule has 0 aliphatic carbocycles. The average molecular weight is 496 g/mol. The molecular formula is C15H23BrIN5O. The third-order valence-corrected chi connectivity index (χ3v) is 3.42. The standard InChI is InChI=1S/C15H22BrN5O.HI/c1-3-17-15(18-7-8-22-4-2)19-9-13-11-21-10-12(16)5-6-14(21)20-13;/h5-6,10-11H,3-4,7-9H2,1-2H3,(H2,17,18,19);1H. The van der Waals surface area contributed by atoms with Crippen molar-refractivity contribution < 1.29 is 4.74 Å². The van der Waals surface area contributed by atoms with Crippen molar-refractivity contribution in [1.82, 2.24) is 20.0 Å². The van der Waals surface area contributed by atoms with E-state index in [0.717, 1.165) is 41.5 Å². The number of hydrogen-bond donors (Lipinski definition) is 2. The highest BCUT2D eigenvalue weighted by Gasteiger charge is 2.02. The summed E-state index contributed by atoms with van der Waals surface area (Å²) in [6.07, 6.45) is 3.98. The molecule has 0 unspecified atom stereocenters. The van der Waals surface area contributed by atoms with Gasteiger partial charge in [0, 0.05) is 36.6 Å². The second-order valence-corrected chi connectivity index (χ2v) is 5.58. The summed E-state index contributed by atoms with van der Waals surface area (Å²) < 4.78 is 8.33. The molecule has 128 valence electrons. The Labute approximate surface area is 162 Å². The number of hydrogen-bond acceptors (Lipinski definition) is 3. The van der Waals surface area contributed by atoms with E-state index in [-0.39, 0.29) is 24.0 Å². The van der Waals surface area contributed by atoms with Crippen molar-refractivity contribution in [2.45, 2.75) is 20.4 Å². The van der Waals surface area contributed by atoms with Crippen molar-refractivity contribution in [2.24, 2.45) is 4.99 Å². The van der Waals surface area contributed by atoms with Crippen molar-refractivity contribution in [3.63, 3.8) is 0 Å². The molecule has 0 fully saturated rings. The largest absolute Gasteiger partial charge is 0.380 e. The van der Waals surface area contributed by atoms with Gasteiger partial charge in [0.2, 0.25) is 0 Å². The zero-order chi connectivity index (χ0) is 15.8. The first-order chi connectivity index (χ1) is 10.7. The van der Waals surface area contributed by atoms with E-state index in [0.29, 0.717) is 13.2 Å². The number of rotatable bonds is 7. The molecule has 0 bridgehead atoms. The summed E-state index contributed by atoms with van der Waals surface area (Å²) in [7, 11) is 0. The number of aliphatic imine (C=N–C) groups is 1. The van der Waals surface area contributed by atoms with Crippen LogP contribution in [-0.4, -0.2) is 41.6 Å². The van der Waals surface area contributed by atoms with Crippen LogP contribution in [-0.2, 0) is 11.3 Å². The highest BCUT2D eigenvalue weighted by Crippen LogP contribution is 2.12. The van der Waals surface area contributed by atoms with E-state index in [2.05, 4.69) is 36.5 Å². The molecule has 6 nitrogen and oxygen atoms in total. The molecule has 0 saturated carbocycles. The van der Waals surface area contributed by atoms with Gasteiger partial charge in [-0.25, -0.2) is 9.98 Å². The molecule has 8 heteroatoms. The Morgan fingerprint density at radius 1 is 1.30 bits per heavy atom. The molecule has 2 aromatic rings. The third-order valence-electron chi connectivity index (χ3n) is 2.95. The van der Waals surface area contributed by atoms with Crippen LogP contribution >= 0.6 is 39.9 Å². The minimum atomic E-state index is 0. The number of aromatic nitrogens is 2. The first-order valence-electron chi connectivity index (χ1n) is 7.46. The Hall–Kier alpha value is -0.870. The molecule has 0 spiro atoms. The number of nitrogens with one attached hydrogen (secondary N) is 2. The first kappa shape index (κ1) is 20.2. The maximum Gasteiger partial charge on any atom is 0.191 e. The van der Waals surface area contributed by atoms with Gasteiger partial charge >= 0.3 is 0 Å². The minimum Gasteiger partial charge on any atom is -0.380 e. The third kappa shape index (κ3) is 6.64. The SMILES string of the molecule is CCNC(=NCc1cn2cc(Br)ccc2n1)NCCOCC.I. The van der Waals surface area contributed by atoms with Gasteiger partial charge in [-0.2, -0.15) is 0 Å². The molecular weight excluding hydrogens is 473 g/mol. The summed E-state index contributed by atoms with van der Waals surface area (Å²) >= 11 is 3.46. The van der Waals surface area contributed by atoms with E-state index in [4.69, 9.17) is 4.74 Å². The molecule has 2 rings (SSSR count). The van der Waals surface area contributed by atoms with Crippen LogP contribution in [0.2, 0.25) is 0 Å². The average Bonchev–Trinajstić information content (AvgIpc) is 2.91.